The molecule has 1 atom stereocenters. The maximum Gasteiger partial charge on any atom is 0.199 e. The van der Waals surface area contributed by atoms with Crippen LogP contribution < -0.4 is 4.74 Å². The summed E-state index contributed by atoms with van der Waals surface area (Å²) in [7, 11) is 0. The SMILES string of the molecule is CCOc1ccc(C2CCCN2Cn2nc(-c3ccccc3F)n(C3CC3)c2=S)cc1. The summed E-state index contributed by atoms with van der Waals surface area (Å²) in [4.78, 5) is 2.42. The highest BCUT2D eigenvalue weighted by Crippen LogP contribution is 2.39. The lowest BCUT2D eigenvalue weighted by atomic mass is 10.0. The van der Waals surface area contributed by atoms with E-state index in [4.69, 9.17) is 22.1 Å². The van der Waals surface area contributed by atoms with E-state index in [2.05, 4.69) is 21.6 Å². The predicted molar refractivity (Wildman–Crippen MR) is 121 cm³/mol. The van der Waals surface area contributed by atoms with Gasteiger partial charge < -0.3 is 4.74 Å². The maximum absolute atomic E-state index is 14.5. The summed E-state index contributed by atoms with van der Waals surface area (Å²) in [5.74, 6) is 1.28. The van der Waals surface area contributed by atoms with Gasteiger partial charge in [0.05, 0.1) is 18.8 Å². The lowest BCUT2D eigenvalue weighted by molar-refractivity contribution is 0.189. The average Bonchev–Trinajstić information content (AvgIpc) is 3.42. The van der Waals surface area contributed by atoms with Crippen molar-refractivity contribution >= 4 is 12.2 Å². The van der Waals surface area contributed by atoms with Gasteiger partial charge in [-0.25, -0.2) is 9.07 Å². The molecule has 1 aliphatic carbocycles. The number of nitrogens with zero attached hydrogens (tertiary/aromatic N) is 4. The molecule has 0 amide bonds. The second-order valence-corrected chi connectivity index (χ2v) is 8.67. The van der Waals surface area contributed by atoms with E-state index >= 15 is 0 Å². The Morgan fingerprint density at radius 3 is 2.58 bits per heavy atom. The molecule has 1 aliphatic heterocycles. The van der Waals surface area contributed by atoms with E-state index in [9.17, 15) is 4.39 Å². The zero-order valence-corrected chi connectivity index (χ0v) is 18.5. The van der Waals surface area contributed by atoms with Gasteiger partial charge in [-0.15, -0.1) is 0 Å². The molecule has 1 aromatic heterocycles. The van der Waals surface area contributed by atoms with Crippen molar-refractivity contribution in [1.82, 2.24) is 19.2 Å². The van der Waals surface area contributed by atoms with Crippen molar-refractivity contribution in [2.24, 2.45) is 0 Å². The lowest BCUT2D eigenvalue weighted by Crippen LogP contribution is -2.27. The number of hydrogen-bond donors (Lipinski definition) is 0. The Bertz CT molecular complexity index is 1120. The fourth-order valence-corrected chi connectivity index (χ4v) is 4.83. The fraction of sp³-hybridized carbons (Fsp3) is 0.417. The van der Waals surface area contributed by atoms with Crippen molar-refractivity contribution in [3.05, 3.63) is 64.7 Å². The van der Waals surface area contributed by atoms with Crippen LogP contribution >= 0.6 is 12.2 Å². The summed E-state index contributed by atoms with van der Waals surface area (Å²) in [6, 6.07) is 15.9. The van der Waals surface area contributed by atoms with Crippen LogP contribution in [0.1, 0.15) is 50.3 Å². The van der Waals surface area contributed by atoms with Crippen LogP contribution in [0.25, 0.3) is 11.4 Å². The van der Waals surface area contributed by atoms with Crippen molar-refractivity contribution in [2.45, 2.75) is 51.4 Å². The fourth-order valence-electron chi connectivity index (χ4n) is 4.50. The van der Waals surface area contributed by atoms with Crippen molar-refractivity contribution in [3.63, 3.8) is 0 Å². The highest BCUT2D eigenvalue weighted by atomic mass is 32.1. The van der Waals surface area contributed by atoms with Gasteiger partial charge in [-0.2, -0.15) is 5.10 Å². The van der Waals surface area contributed by atoms with Crippen LogP contribution in [0.4, 0.5) is 4.39 Å². The third kappa shape index (κ3) is 4.04. The molecule has 162 valence electrons. The Morgan fingerprint density at radius 2 is 1.87 bits per heavy atom. The number of likely N-dealkylation sites (tertiary alicyclic amines) is 1. The van der Waals surface area contributed by atoms with Crippen LogP contribution in [-0.2, 0) is 6.67 Å². The average molecular weight is 439 g/mol. The van der Waals surface area contributed by atoms with Crippen molar-refractivity contribution in [2.75, 3.05) is 13.2 Å². The summed E-state index contributed by atoms with van der Waals surface area (Å²) >= 11 is 5.81. The molecule has 0 N–H and O–H groups in total. The highest BCUT2D eigenvalue weighted by molar-refractivity contribution is 7.71. The monoisotopic (exact) mass is 438 g/mol. The summed E-state index contributed by atoms with van der Waals surface area (Å²) in [5, 5.41) is 4.81. The van der Waals surface area contributed by atoms with E-state index in [0.29, 0.717) is 41.5 Å². The maximum atomic E-state index is 14.5. The minimum Gasteiger partial charge on any atom is -0.494 e. The number of rotatable bonds is 7. The first kappa shape index (κ1) is 20.4. The van der Waals surface area contributed by atoms with E-state index in [1.54, 1.807) is 12.1 Å². The number of aromatic nitrogens is 3. The highest BCUT2D eigenvalue weighted by Gasteiger charge is 2.32. The molecule has 2 heterocycles. The molecule has 0 radical (unpaired) electrons. The molecule has 2 fully saturated rings. The molecule has 7 heteroatoms. The Kier molecular flexibility index (Phi) is 5.63. The molecule has 1 saturated heterocycles. The molecule has 2 aliphatic rings. The smallest absolute Gasteiger partial charge is 0.199 e. The minimum atomic E-state index is -0.259. The normalized spacial score (nSPS) is 19.1. The van der Waals surface area contributed by atoms with E-state index in [1.165, 1.54) is 11.6 Å². The topological polar surface area (TPSA) is 35.2 Å². The Morgan fingerprint density at radius 1 is 1.10 bits per heavy atom. The number of halogens is 1. The third-order valence-corrected chi connectivity index (χ3v) is 6.56. The van der Waals surface area contributed by atoms with Crippen LogP contribution in [0.3, 0.4) is 0 Å². The van der Waals surface area contributed by atoms with Gasteiger partial charge in [0.2, 0.25) is 0 Å². The van der Waals surface area contributed by atoms with Gasteiger partial charge in [-0.1, -0.05) is 24.3 Å². The lowest BCUT2D eigenvalue weighted by Gasteiger charge is -2.24. The van der Waals surface area contributed by atoms with Gasteiger partial charge in [-0.3, -0.25) is 9.47 Å². The van der Waals surface area contributed by atoms with Crippen LogP contribution in [0.5, 0.6) is 5.75 Å². The summed E-state index contributed by atoms with van der Waals surface area (Å²) in [5.41, 5.74) is 1.80. The summed E-state index contributed by atoms with van der Waals surface area (Å²) in [6.45, 7) is 4.26. The largest absolute Gasteiger partial charge is 0.494 e. The van der Waals surface area contributed by atoms with Crippen LogP contribution in [0.15, 0.2) is 48.5 Å². The van der Waals surface area contributed by atoms with Gasteiger partial charge in [0, 0.05) is 18.6 Å². The molecule has 5 rings (SSSR count). The molecular weight excluding hydrogens is 411 g/mol. The van der Waals surface area contributed by atoms with E-state index < -0.39 is 0 Å². The first-order valence-electron chi connectivity index (χ1n) is 11.1. The molecule has 0 bridgehead atoms. The first-order chi connectivity index (χ1) is 15.2. The summed E-state index contributed by atoms with van der Waals surface area (Å²) < 4.78 is 24.7. The Balaban J connectivity index is 1.44. The van der Waals surface area contributed by atoms with E-state index in [-0.39, 0.29) is 5.82 Å². The third-order valence-electron chi connectivity index (χ3n) is 6.15. The van der Waals surface area contributed by atoms with E-state index in [0.717, 1.165) is 38.0 Å². The van der Waals surface area contributed by atoms with Gasteiger partial charge in [-0.05, 0) is 74.7 Å². The predicted octanol–water partition coefficient (Wildman–Crippen LogP) is 5.75. The van der Waals surface area contributed by atoms with Gasteiger partial charge in [0.25, 0.3) is 0 Å². The molecule has 5 nitrogen and oxygen atoms in total. The van der Waals surface area contributed by atoms with Gasteiger partial charge in [0.15, 0.2) is 10.6 Å². The van der Waals surface area contributed by atoms with Gasteiger partial charge >= 0.3 is 0 Å². The second kappa shape index (κ2) is 8.55. The van der Waals surface area contributed by atoms with E-state index in [1.807, 2.05) is 29.8 Å². The zero-order chi connectivity index (χ0) is 21.4. The van der Waals surface area contributed by atoms with Crippen LogP contribution in [-0.4, -0.2) is 32.4 Å². The zero-order valence-electron chi connectivity index (χ0n) is 17.7. The molecule has 1 saturated carbocycles. The number of benzene rings is 2. The molecule has 3 aromatic rings. The van der Waals surface area contributed by atoms with Crippen molar-refractivity contribution < 1.29 is 9.13 Å². The first-order valence-corrected chi connectivity index (χ1v) is 11.5. The van der Waals surface area contributed by atoms with Crippen molar-refractivity contribution in [3.8, 4) is 17.1 Å². The number of hydrogen-bond acceptors (Lipinski definition) is 4. The molecule has 1 unspecified atom stereocenters. The molecule has 31 heavy (non-hydrogen) atoms. The standard InChI is InChI=1S/C24H27FN4OS/c1-2-30-19-13-9-17(10-14-19)22-8-5-15-27(22)16-28-24(31)29(18-11-12-18)23(26-28)20-6-3-4-7-21(20)25/h3-4,6-7,9-10,13-14,18,22H,2,5,8,11-12,15-16H2,1H3. The summed E-state index contributed by atoms with van der Waals surface area (Å²) in [6.07, 6.45) is 4.37. The minimum absolute atomic E-state index is 0.259. The number of ether oxygens (including phenoxy) is 1. The van der Waals surface area contributed by atoms with Crippen LogP contribution in [0.2, 0.25) is 0 Å². The molecule has 0 spiro atoms. The Hall–Kier alpha value is -2.51. The van der Waals surface area contributed by atoms with Gasteiger partial charge in [0.1, 0.15) is 11.6 Å². The molecular formula is C24H27FN4OS. The second-order valence-electron chi connectivity index (χ2n) is 8.30. The molecule has 2 aromatic carbocycles. The van der Waals surface area contributed by atoms with Crippen LogP contribution in [0, 0.1) is 10.6 Å². The Labute approximate surface area is 187 Å². The van der Waals surface area contributed by atoms with Crippen molar-refractivity contribution in [1.29, 1.82) is 0 Å². The quantitative estimate of drug-likeness (QED) is 0.440.